The number of thiophene rings is 1. The van der Waals surface area contributed by atoms with E-state index in [4.69, 9.17) is 4.74 Å². The SMILES string of the molecule is CCNc1nc(NCCc2ccsc2)nc(OCC)n1. The molecule has 0 unspecified atom stereocenters. The van der Waals surface area contributed by atoms with Gasteiger partial charge in [0.15, 0.2) is 0 Å². The molecule has 0 bridgehead atoms. The van der Waals surface area contributed by atoms with Crippen molar-refractivity contribution >= 4 is 23.2 Å². The van der Waals surface area contributed by atoms with Crippen molar-refractivity contribution < 1.29 is 4.74 Å². The molecule has 0 aliphatic rings. The Kier molecular flexibility index (Phi) is 5.55. The molecule has 108 valence electrons. The van der Waals surface area contributed by atoms with E-state index in [-0.39, 0.29) is 0 Å². The number of aromatic nitrogens is 3. The van der Waals surface area contributed by atoms with E-state index in [1.807, 2.05) is 13.8 Å². The molecule has 0 spiro atoms. The van der Waals surface area contributed by atoms with Gasteiger partial charge in [-0.15, -0.1) is 0 Å². The average Bonchev–Trinajstić information content (AvgIpc) is 2.92. The minimum Gasteiger partial charge on any atom is -0.464 e. The Hall–Kier alpha value is -1.89. The summed E-state index contributed by atoms with van der Waals surface area (Å²) in [5, 5.41) is 10.5. The number of hydrogen-bond donors (Lipinski definition) is 2. The summed E-state index contributed by atoms with van der Waals surface area (Å²) < 4.78 is 5.35. The number of nitrogens with one attached hydrogen (secondary N) is 2. The monoisotopic (exact) mass is 293 g/mol. The summed E-state index contributed by atoms with van der Waals surface area (Å²) in [5.41, 5.74) is 1.31. The third kappa shape index (κ3) is 4.34. The predicted molar refractivity (Wildman–Crippen MR) is 81.7 cm³/mol. The maximum absolute atomic E-state index is 5.35. The summed E-state index contributed by atoms with van der Waals surface area (Å²) >= 11 is 1.70. The first-order valence-electron chi connectivity index (χ1n) is 6.69. The highest BCUT2D eigenvalue weighted by molar-refractivity contribution is 7.07. The van der Waals surface area contributed by atoms with Gasteiger partial charge in [-0.25, -0.2) is 0 Å². The van der Waals surface area contributed by atoms with Gasteiger partial charge in [0.1, 0.15) is 0 Å². The lowest BCUT2D eigenvalue weighted by molar-refractivity contribution is 0.312. The van der Waals surface area contributed by atoms with Crippen molar-refractivity contribution in [2.24, 2.45) is 0 Å². The fourth-order valence-corrected chi connectivity index (χ4v) is 2.32. The van der Waals surface area contributed by atoms with Crippen molar-refractivity contribution in [2.45, 2.75) is 20.3 Å². The second-order valence-electron chi connectivity index (χ2n) is 4.04. The van der Waals surface area contributed by atoms with E-state index in [0.29, 0.717) is 24.5 Å². The molecule has 2 aromatic heterocycles. The van der Waals surface area contributed by atoms with E-state index < -0.39 is 0 Å². The quantitative estimate of drug-likeness (QED) is 0.779. The zero-order valence-electron chi connectivity index (χ0n) is 11.7. The lowest BCUT2D eigenvalue weighted by Crippen LogP contribution is -2.12. The zero-order chi connectivity index (χ0) is 14.2. The number of nitrogens with zero attached hydrogens (tertiary/aromatic N) is 3. The van der Waals surface area contributed by atoms with Crippen LogP contribution in [0.5, 0.6) is 6.01 Å². The van der Waals surface area contributed by atoms with Crippen molar-refractivity contribution in [1.29, 1.82) is 0 Å². The molecule has 0 saturated carbocycles. The first-order chi connectivity index (χ1) is 9.81. The van der Waals surface area contributed by atoms with Crippen molar-refractivity contribution in [3.63, 3.8) is 0 Å². The Morgan fingerprint density at radius 2 is 1.95 bits per heavy atom. The Bertz CT molecular complexity index is 493. The fraction of sp³-hybridized carbons (Fsp3) is 0.462. The Labute approximate surface area is 122 Å². The lowest BCUT2D eigenvalue weighted by atomic mass is 10.2. The molecule has 0 aromatic carbocycles. The third-order valence-corrected chi connectivity index (χ3v) is 3.23. The third-order valence-electron chi connectivity index (χ3n) is 2.50. The van der Waals surface area contributed by atoms with E-state index in [9.17, 15) is 0 Å². The van der Waals surface area contributed by atoms with Crippen LogP contribution in [0.4, 0.5) is 11.9 Å². The number of hydrogen-bond acceptors (Lipinski definition) is 7. The molecule has 2 aromatic rings. The van der Waals surface area contributed by atoms with Crippen LogP contribution < -0.4 is 15.4 Å². The first kappa shape index (κ1) is 14.5. The van der Waals surface area contributed by atoms with Gasteiger partial charge < -0.3 is 15.4 Å². The standard InChI is InChI=1S/C13H19N5OS/c1-3-14-11-16-12(18-13(17-11)19-4-2)15-7-5-10-6-8-20-9-10/h6,8-9H,3-5,7H2,1-2H3,(H2,14,15,16,17,18). The number of rotatable bonds is 8. The topological polar surface area (TPSA) is 72.0 Å². The molecule has 2 rings (SSSR count). The summed E-state index contributed by atoms with van der Waals surface area (Å²) in [6.07, 6.45) is 0.940. The Morgan fingerprint density at radius 1 is 1.15 bits per heavy atom. The molecule has 7 heteroatoms. The smallest absolute Gasteiger partial charge is 0.323 e. The minimum absolute atomic E-state index is 0.344. The second-order valence-corrected chi connectivity index (χ2v) is 4.82. The van der Waals surface area contributed by atoms with Gasteiger partial charge in [0.2, 0.25) is 11.9 Å². The van der Waals surface area contributed by atoms with Crippen LogP contribution in [0.1, 0.15) is 19.4 Å². The van der Waals surface area contributed by atoms with Crippen molar-refractivity contribution in [2.75, 3.05) is 30.3 Å². The van der Waals surface area contributed by atoms with Crippen molar-refractivity contribution in [3.8, 4) is 6.01 Å². The van der Waals surface area contributed by atoms with Gasteiger partial charge in [-0.3, -0.25) is 0 Å². The molecule has 20 heavy (non-hydrogen) atoms. The van der Waals surface area contributed by atoms with Crippen molar-refractivity contribution in [1.82, 2.24) is 15.0 Å². The highest BCUT2D eigenvalue weighted by Gasteiger charge is 2.06. The summed E-state index contributed by atoms with van der Waals surface area (Å²) in [6.45, 7) is 5.96. The first-order valence-corrected chi connectivity index (χ1v) is 7.63. The summed E-state index contributed by atoms with van der Waals surface area (Å²) in [5.74, 6) is 1.07. The van der Waals surface area contributed by atoms with Crippen LogP contribution in [0, 0.1) is 0 Å². The summed E-state index contributed by atoms with van der Waals surface area (Å²) in [4.78, 5) is 12.7. The molecular weight excluding hydrogens is 274 g/mol. The molecule has 6 nitrogen and oxygen atoms in total. The Morgan fingerprint density at radius 3 is 2.60 bits per heavy atom. The Balaban J connectivity index is 1.97. The van der Waals surface area contributed by atoms with Gasteiger partial charge in [-0.1, -0.05) is 0 Å². The van der Waals surface area contributed by atoms with Crippen LogP contribution in [0.2, 0.25) is 0 Å². The highest BCUT2D eigenvalue weighted by Crippen LogP contribution is 2.12. The molecular formula is C13H19N5OS. The van der Waals surface area contributed by atoms with Crippen LogP contribution in [-0.4, -0.2) is 34.6 Å². The zero-order valence-corrected chi connectivity index (χ0v) is 12.5. The van der Waals surface area contributed by atoms with Gasteiger partial charge in [0.25, 0.3) is 0 Å². The molecule has 2 N–H and O–H groups in total. The summed E-state index contributed by atoms with van der Waals surface area (Å²) in [7, 11) is 0. The van der Waals surface area contributed by atoms with E-state index >= 15 is 0 Å². The maximum Gasteiger partial charge on any atom is 0.323 e. The second kappa shape index (κ2) is 7.64. The van der Waals surface area contributed by atoms with Crippen LogP contribution in [-0.2, 0) is 6.42 Å². The predicted octanol–water partition coefficient (Wildman–Crippen LogP) is 2.42. The van der Waals surface area contributed by atoms with Crippen LogP contribution in [0.15, 0.2) is 16.8 Å². The molecule has 0 atom stereocenters. The lowest BCUT2D eigenvalue weighted by Gasteiger charge is -2.09. The number of ether oxygens (including phenoxy) is 1. The molecule has 0 fully saturated rings. The number of anilines is 2. The highest BCUT2D eigenvalue weighted by atomic mass is 32.1. The van der Waals surface area contributed by atoms with E-state index in [0.717, 1.165) is 19.5 Å². The molecule has 0 radical (unpaired) electrons. The van der Waals surface area contributed by atoms with Gasteiger partial charge in [-0.2, -0.15) is 26.3 Å². The molecule has 0 aliphatic heterocycles. The van der Waals surface area contributed by atoms with Crippen LogP contribution in [0.3, 0.4) is 0 Å². The minimum atomic E-state index is 0.344. The van der Waals surface area contributed by atoms with Gasteiger partial charge in [0.05, 0.1) is 6.61 Å². The van der Waals surface area contributed by atoms with Gasteiger partial charge in [0, 0.05) is 13.1 Å². The summed E-state index contributed by atoms with van der Waals surface area (Å²) in [6, 6.07) is 2.46. The molecule has 0 aliphatic carbocycles. The van der Waals surface area contributed by atoms with E-state index in [2.05, 4.69) is 42.4 Å². The van der Waals surface area contributed by atoms with Gasteiger partial charge >= 0.3 is 6.01 Å². The normalized spacial score (nSPS) is 10.3. The van der Waals surface area contributed by atoms with Crippen LogP contribution >= 0.6 is 11.3 Å². The largest absolute Gasteiger partial charge is 0.464 e. The van der Waals surface area contributed by atoms with Crippen molar-refractivity contribution in [3.05, 3.63) is 22.4 Å². The molecule has 0 amide bonds. The molecule has 2 heterocycles. The fourth-order valence-electron chi connectivity index (χ4n) is 1.62. The van der Waals surface area contributed by atoms with Gasteiger partial charge in [-0.05, 0) is 42.7 Å². The van der Waals surface area contributed by atoms with Crippen LogP contribution in [0.25, 0.3) is 0 Å². The maximum atomic E-state index is 5.35. The average molecular weight is 293 g/mol. The van der Waals surface area contributed by atoms with E-state index in [1.54, 1.807) is 11.3 Å². The molecule has 0 saturated heterocycles. The van der Waals surface area contributed by atoms with E-state index in [1.165, 1.54) is 5.56 Å².